The molecule has 1 aliphatic rings. The van der Waals surface area contributed by atoms with Gasteiger partial charge in [0.15, 0.2) is 16.7 Å². The molecule has 0 spiro atoms. The number of alkyl halides is 2. The summed E-state index contributed by atoms with van der Waals surface area (Å²) in [4.78, 5) is 9.53. The smallest absolute Gasteiger partial charge is 0.395 e. The Morgan fingerprint density at radius 2 is 1.96 bits per heavy atom. The maximum atomic E-state index is 13.1. The van der Waals surface area contributed by atoms with Gasteiger partial charge in [0.2, 0.25) is 0 Å². The van der Waals surface area contributed by atoms with Gasteiger partial charge in [-0.25, -0.2) is 4.98 Å². The van der Waals surface area contributed by atoms with E-state index in [0.717, 1.165) is 11.3 Å². The normalized spacial score (nSPS) is 14.8. The third kappa shape index (κ3) is 3.14. The molecule has 0 saturated carbocycles. The number of halogens is 3. The van der Waals surface area contributed by atoms with Crippen LogP contribution in [-0.2, 0) is 5.75 Å². The van der Waals surface area contributed by atoms with Gasteiger partial charge in [-0.2, -0.15) is 0 Å². The Morgan fingerprint density at radius 1 is 1.23 bits per heavy atom. The Balaban J connectivity index is 1.58. The number of aromatic amines is 1. The van der Waals surface area contributed by atoms with Crippen molar-refractivity contribution in [2.75, 3.05) is 19.0 Å². The van der Waals surface area contributed by atoms with Gasteiger partial charge in [0.25, 0.3) is 0 Å². The van der Waals surface area contributed by atoms with Crippen LogP contribution in [0.5, 0.6) is 11.5 Å². The maximum absolute atomic E-state index is 13.1. The van der Waals surface area contributed by atoms with Crippen LogP contribution in [0.1, 0.15) is 5.56 Å². The number of hydrogen-bond donors (Lipinski definition) is 1. The number of imidazole rings is 1. The Morgan fingerprint density at radius 3 is 2.69 bits per heavy atom. The molecule has 3 aromatic rings. The van der Waals surface area contributed by atoms with E-state index in [1.807, 2.05) is 37.2 Å². The molecule has 0 bridgehead atoms. The number of benzene rings is 2. The molecule has 136 valence electrons. The summed E-state index contributed by atoms with van der Waals surface area (Å²) in [5, 5.41) is 1.34. The molecular weight excluding hydrogens is 384 g/mol. The van der Waals surface area contributed by atoms with Crippen molar-refractivity contribution in [3.05, 3.63) is 40.9 Å². The number of nitrogens with zero attached hydrogens (tertiary/aromatic N) is 2. The number of H-pyrrole nitrogens is 1. The molecule has 0 fully saturated rings. The predicted octanol–water partition coefficient (Wildman–Crippen LogP) is 4.90. The van der Waals surface area contributed by atoms with E-state index in [4.69, 9.17) is 11.6 Å². The van der Waals surface area contributed by atoms with E-state index in [2.05, 4.69) is 19.4 Å². The highest BCUT2D eigenvalue weighted by Gasteiger charge is 2.43. The zero-order valence-electron chi connectivity index (χ0n) is 13.8. The fourth-order valence-electron chi connectivity index (χ4n) is 2.75. The second-order valence-corrected chi connectivity index (χ2v) is 7.32. The summed E-state index contributed by atoms with van der Waals surface area (Å²) in [7, 11) is 3.91. The highest BCUT2D eigenvalue weighted by Crippen LogP contribution is 2.43. The zero-order chi connectivity index (χ0) is 18.5. The number of ether oxygens (including phenoxy) is 2. The monoisotopic (exact) mass is 397 g/mol. The largest absolute Gasteiger partial charge is 0.586 e. The molecule has 1 N–H and O–H groups in total. The number of fused-ring (bicyclic) bond motifs is 2. The van der Waals surface area contributed by atoms with Crippen LogP contribution in [0.4, 0.5) is 14.5 Å². The van der Waals surface area contributed by atoms with Gasteiger partial charge in [-0.1, -0.05) is 29.4 Å². The van der Waals surface area contributed by atoms with Crippen molar-refractivity contribution in [3.8, 4) is 11.5 Å². The summed E-state index contributed by atoms with van der Waals surface area (Å²) in [6.07, 6.45) is -3.63. The van der Waals surface area contributed by atoms with Crippen LogP contribution in [0.2, 0.25) is 5.02 Å². The number of rotatable bonds is 4. The van der Waals surface area contributed by atoms with Crippen LogP contribution >= 0.6 is 23.4 Å². The first-order chi connectivity index (χ1) is 12.3. The lowest BCUT2D eigenvalue weighted by atomic mass is 10.2. The molecule has 1 aliphatic heterocycles. The van der Waals surface area contributed by atoms with E-state index in [9.17, 15) is 8.78 Å². The summed E-state index contributed by atoms with van der Waals surface area (Å²) in [6.45, 7) is 0. The van der Waals surface area contributed by atoms with Crippen LogP contribution in [0.25, 0.3) is 11.0 Å². The van der Waals surface area contributed by atoms with Crippen molar-refractivity contribution in [1.29, 1.82) is 0 Å². The van der Waals surface area contributed by atoms with Gasteiger partial charge >= 0.3 is 6.29 Å². The molecule has 0 atom stereocenters. The molecule has 5 nitrogen and oxygen atoms in total. The molecule has 2 heterocycles. The SMILES string of the molecule is CN(C)c1cccc(Cl)c1CSc1nc2cc3c(cc2[nH]1)OC(F)(F)O3. The number of nitrogens with one attached hydrogen (secondary N) is 1. The van der Waals surface area contributed by atoms with Crippen molar-refractivity contribution in [1.82, 2.24) is 9.97 Å². The van der Waals surface area contributed by atoms with Crippen molar-refractivity contribution in [2.45, 2.75) is 17.2 Å². The molecule has 0 radical (unpaired) electrons. The van der Waals surface area contributed by atoms with Gasteiger partial charge in [-0.3, -0.25) is 0 Å². The van der Waals surface area contributed by atoms with Gasteiger partial charge in [0, 0.05) is 48.3 Å². The highest BCUT2D eigenvalue weighted by atomic mass is 35.5. The van der Waals surface area contributed by atoms with E-state index < -0.39 is 6.29 Å². The third-order valence-electron chi connectivity index (χ3n) is 3.91. The minimum absolute atomic E-state index is 0.0105. The van der Waals surface area contributed by atoms with Crippen LogP contribution in [-0.4, -0.2) is 30.4 Å². The van der Waals surface area contributed by atoms with Gasteiger partial charge in [0.05, 0.1) is 11.0 Å². The lowest BCUT2D eigenvalue weighted by Crippen LogP contribution is -2.25. The molecule has 2 aromatic carbocycles. The van der Waals surface area contributed by atoms with E-state index in [-0.39, 0.29) is 11.5 Å². The summed E-state index contributed by atoms with van der Waals surface area (Å²) >= 11 is 7.81. The fourth-order valence-corrected chi connectivity index (χ4v) is 3.99. The second kappa shape index (κ2) is 6.21. The van der Waals surface area contributed by atoms with Gasteiger partial charge in [-0.05, 0) is 12.1 Å². The minimum atomic E-state index is -3.63. The average molecular weight is 398 g/mol. The van der Waals surface area contributed by atoms with Crippen molar-refractivity contribution in [3.63, 3.8) is 0 Å². The number of anilines is 1. The van der Waals surface area contributed by atoms with Crippen LogP contribution < -0.4 is 14.4 Å². The zero-order valence-corrected chi connectivity index (χ0v) is 15.4. The maximum Gasteiger partial charge on any atom is 0.586 e. The second-order valence-electron chi connectivity index (χ2n) is 5.95. The number of hydrogen-bond acceptors (Lipinski definition) is 5. The Labute approximate surface area is 157 Å². The number of aromatic nitrogens is 2. The highest BCUT2D eigenvalue weighted by molar-refractivity contribution is 7.98. The first-order valence-corrected chi connectivity index (χ1v) is 9.06. The Kier molecular flexibility index (Phi) is 4.11. The molecule has 0 unspecified atom stereocenters. The molecule has 0 aliphatic carbocycles. The molecule has 9 heteroatoms. The first-order valence-electron chi connectivity index (χ1n) is 7.69. The standard InChI is InChI=1S/C17H14ClF2N3O2S/c1-23(2)13-5-3-4-10(18)9(13)8-26-16-21-11-6-14-15(7-12(11)22-16)25-17(19,20)24-14/h3-7H,8H2,1-2H3,(H,21,22). The lowest BCUT2D eigenvalue weighted by Gasteiger charge is -2.18. The average Bonchev–Trinajstić information content (AvgIpc) is 3.07. The summed E-state index contributed by atoms with van der Waals surface area (Å²) in [5.41, 5.74) is 3.15. The molecular formula is C17H14ClF2N3O2S. The number of thioether (sulfide) groups is 1. The fraction of sp³-hybridized carbons (Fsp3) is 0.235. The van der Waals surface area contributed by atoms with Crippen molar-refractivity contribution < 1.29 is 18.3 Å². The summed E-state index contributed by atoms with van der Waals surface area (Å²) in [6, 6.07) is 8.66. The predicted molar refractivity (Wildman–Crippen MR) is 97.6 cm³/mol. The van der Waals surface area contributed by atoms with E-state index in [1.165, 1.54) is 23.9 Å². The van der Waals surface area contributed by atoms with Gasteiger partial charge in [0.1, 0.15) is 0 Å². The van der Waals surface area contributed by atoms with Gasteiger partial charge in [-0.15, -0.1) is 8.78 Å². The lowest BCUT2D eigenvalue weighted by molar-refractivity contribution is -0.286. The Bertz CT molecular complexity index is 949. The van der Waals surface area contributed by atoms with E-state index >= 15 is 0 Å². The van der Waals surface area contributed by atoms with Crippen LogP contribution in [0.15, 0.2) is 35.5 Å². The quantitative estimate of drug-likeness (QED) is 0.635. The Hall–Kier alpha value is -2.19. The molecule has 26 heavy (non-hydrogen) atoms. The van der Waals surface area contributed by atoms with Crippen LogP contribution in [0, 0.1) is 0 Å². The first kappa shape index (κ1) is 17.2. The summed E-state index contributed by atoms with van der Waals surface area (Å²) in [5.74, 6) is 0.577. The molecule has 4 rings (SSSR count). The van der Waals surface area contributed by atoms with Crippen LogP contribution in [0.3, 0.4) is 0 Å². The van der Waals surface area contributed by atoms with E-state index in [1.54, 1.807) is 0 Å². The molecule has 0 amide bonds. The third-order valence-corrected chi connectivity index (χ3v) is 5.17. The summed E-state index contributed by atoms with van der Waals surface area (Å²) < 4.78 is 35.2. The topological polar surface area (TPSA) is 50.4 Å². The molecule has 1 aromatic heterocycles. The molecule has 0 saturated heterocycles. The van der Waals surface area contributed by atoms with Crippen molar-refractivity contribution >= 4 is 40.1 Å². The van der Waals surface area contributed by atoms with Gasteiger partial charge < -0.3 is 19.4 Å². The van der Waals surface area contributed by atoms with E-state index in [0.29, 0.717) is 27.0 Å². The van der Waals surface area contributed by atoms with Crippen molar-refractivity contribution in [2.24, 2.45) is 0 Å². The minimum Gasteiger partial charge on any atom is -0.395 e.